The summed E-state index contributed by atoms with van der Waals surface area (Å²) >= 11 is 0. The van der Waals surface area contributed by atoms with E-state index in [1.165, 1.54) is 6.42 Å². The smallest absolute Gasteiger partial charge is 0.227 e. The van der Waals surface area contributed by atoms with Crippen molar-refractivity contribution in [2.45, 2.75) is 39.0 Å². The summed E-state index contributed by atoms with van der Waals surface area (Å²) in [6.07, 6.45) is 14.3. The van der Waals surface area contributed by atoms with Gasteiger partial charge in [0, 0.05) is 52.3 Å². The van der Waals surface area contributed by atoms with E-state index in [1.54, 1.807) is 12.4 Å². The van der Waals surface area contributed by atoms with Crippen LogP contribution >= 0.6 is 0 Å². The molecule has 0 bridgehead atoms. The van der Waals surface area contributed by atoms with Crippen molar-refractivity contribution in [3.63, 3.8) is 0 Å². The molecule has 1 amide bonds. The first-order chi connectivity index (χ1) is 19.6. The highest BCUT2D eigenvalue weighted by Gasteiger charge is 2.21. The number of pyridine rings is 3. The van der Waals surface area contributed by atoms with Crippen molar-refractivity contribution in [2.24, 2.45) is 5.92 Å². The molecular formula is C31H28N8O. The van der Waals surface area contributed by atoms with Gasteiger partial charge in [0.1, 0.15) is 11.2 Å². The van der Waals surface area contributed by atoms with Crippen LogP contribution in [0, 0.1) is 12.8 Å². The molecule has 9 heteroatoms. The molecule has 0 spiro atoms. The van der Waals surface area contributed by atoms with E-state index >= 15 is 0 Å². The number of rotatable bonds is 5. The number of fused-ring (bicyclic) bond motifs is 2. The molecule has 0 radical (unpaired) electrons. The number of aromatic nitrogens is 7. The van der Waals surface area contributed by atoms with Gasteiger partial charge in [-0.05, 0) is 49.6 Å². The van der Waals surface area contributed by atoms with Gasteiger partial charge in [0.2, 0.25) is 5.91 Å². The average Bonchev–Trinajstić information content (AvgIpc) is 3.62. The van der Waals surface area contributed by atoms with Crippen LogP contribution in [0.1, 0.15) is 37.8 Å². The normalized spacial score (nSPS) is 14.1. The number of amides is 1. The van der Waals surface area contributed by atoms with Gasteiger partial charge in [-0.25, -0.2) is 4.98 Å². The van der Waals surface area contributed by atoms with Gasteiger partial charge in [-0.1, -0.05) is 31.4 Å². The minimum absolute atomic E-state index is 0.0871. The number of hydrogen-bond acceptors (Lipinski definition) is 6. The van der Waals surface area contributed by atoms with Crippen molar-refractivity contribution in [1.29, 1.82) is 0 Å². The standard InChI is InChI=1S/C31H28N8O/c1-18-7-8-21(14-34-18)25-16-33-17-27-28(25)37-30(36-27)29-24-12-20(9-10-26(24)38-39-29)22-11-23(15-32-13-22)35-31(40)19-5-3-2-4-6-19/h7-17,19H,2-6H2,1H3,(H,35,40)(H,36,37)(H,38,39). The molecule has 0 aliphatic heterocycles. The lowest BCUT2D eigenvalue weighted by molar-refractivity contribution is -0.120. The second kappa shape index (κ2) is 10.00. The van der Waals surface area contributed by atoms with Gasteiger partial charge in [-0.2, -0.15) is 5.10 Å². The number of nitrogens with one attached hydrogen (secondary N) is 3. The van der Waals surface area contributed by atoms with Gasteiger partial charge < -0.3 is 10.3 Å². The Hall–Kier alpha value is -4.92. The molecular weight excluding hydrogens is 500 g/mol. The molecule has 0 saturated heterocycles. The van der Waals surface area contributed by atoms with E-state index in [4.69, 9.17) is 4.98 Å². The van der Waals surface area contributed by atoms with Crippen molar-refractivity contribution in [2.75, 3.05) is 5.32 Å². The third-order valence-electron chi connectivity index (χ3n) is 7.72. The van der Waals surface area contributed by atoms with E-state index < -0.39 is 0 Å². The predicted molar refractivity (Wildman–Crippen MR) is 155 cm³/mol. The molecule has 9 nitrogen and oxygen atoms in total. The summed E-state index contributed by atoms with van der Waals surface area (Å²) in [7, 11) is 0. The summed E-state index contributed by atoms with van der Waals surface area (Å²) in [4.78, 5) is 34.4. The minimum atomic E-state index is 0.0871. The molecule has 5 heterocycles. The first-order valence-electron chi connectivity index (χ1n) is 13.6. The van der Waals surface area contributed by atoms with Crippen LogP contribution in [0.3, 0.4) is 0 Å². The Bertz CT molecular complexity index is 1850. The zero-order chi connectivity index (χ0) is 27.1. The number of carbonyl (C=O) groups excluding carboxylic acids is 1. The molecule has 7 rings (SSSR count). The van der Waals surface area contributed by atoms with Crippen molar-refractivity contribution < 1.29 is 4.79 Å². The second-order valence-corrected chi connectivity index (χ2v) is 10.5. The summed E-state index contributed by atoms with van der Waals surface area (Å²) in [5.74, 6) is 0.828. The van der Waals surface area contributed by atoms with E-state index in [0.717, 1.165) is 81.3 Å². The Balaban J connectivity index is 1.22. The number of imidazole rings is 1. The number of nitrogens with zero attached hydrogens (tertiary/aromatic N) is 5. The molecule has 1 aliphatic rings. The fraction of sp³-hybridized carbons (Fsp3) is 0.226. The number of hydrogen-bond donors (Lipinski definition) is 3. The number of H-pyrrole nitrogens is 2. The van der Waals surface area contributed by atoms with Crippen molar-refractivity contribution in [3.05, 3.63) is 73.1 Å². The zero-order valence-corrected chi connectivity index (χ0v) is 22.1. The number of carbonyl (C=O) groups is 1. The van der Waals surface area contributed by atoms with Crippen LogP contribution in [-0.4, -0.2) is 41.0 Å². The molecule has 1 aromatic carbocycles. The van der Waals surface area contributed by atoms with Gasteiger partial charge in [-0.3, -0.25) is 24.8 Å². The zero-order valence-electron chi connectivity index (χ0n) is 22.1. The van der Waals surface area contributed by atoms with Crippen LogP contribution in [0.25, 0.3) is 55.7 Å². The molecule has 1 aliphatic carbocycles. The fourth-order valence-electron chi connectivity index (χ4n) is 5.53. The van der Waals surface area contributed by atoms with Gasteiger partial charge in [-0.15, -0.1) is 0 Å². The molecule has 3 N–H and O–H groups in total. The third kappa shape index (κ3) is 4.49. The van der Waals surface area contributed by atoms with E-state index in [-0.39, 0.29) is 11.8 Å². The van der Waals surface area contributed by atoms with Gasteiger partial charge in [0.25, 0.3) is 0 Å². The summed E-state index contributed by atoms with van der Waals surface area (Å²) in [5, 5.41) is 11.7. The number of aryl methyl sites for hydroxylation is 1. The molecule has 0 atom stereocenters. The highest BCUT2D eigenvalue weighted by molar-refractivity contribution is 5.98. The van der Waals surface area contributed by atoms with E-state index in [2.05, 4.69) is 41.5 Å². The van der Waals surface area contributed by atoms with Crippen molar-refractivity contribution >= 4 is 33.5 Å². The van der Waals surface area contributed by atoms with Crippen LogP contribution in [0.15, 0.2) is 67.4 Å². The molecule has 40 heavy (non-hydrogen) atoms. The first-order valence-corrected chi connectivity index (χ1v) is 13.6. The summed E-state index contributed by atoms with van der Waals surface area (Å²) in [5.41, 5.74) is 8.68. The van der Waals surface area contributed by atoms with Gasteiger partial charge >= 0.3 is 0 Å². The van der Waals surface area contributed by atoms with Crippen LogP contribution < -0.4 is 5.32 Å². The second-order valence-electron chi connectivity index (χ2n) is 10.5. The van der Waals surface area contributed by atoms with Gasteiger partial charge in [0.15, 0.2) is 5.82 Å². The van der Waals surface area contributed by atoms with Crippen LogP contribution in [-0.2, 0) is 4.79 Å². The maximum Gasteiger partial charge on any atom is 0.227 e. The maximum absolute atomic E-state index is 12.8. The first kappa shape index (κ1) is 24.1. The predicted octanol–water partition coefficient (Wildman–Crippen LogP) is 6.45. The Kier molecular flexibility index (Phi) is 6.03. The summed E-state index contributed by atoms with van der Waals surface area (Å²) < 4.78 is 0. The fourth-order valence-corrected chi connectivity index (χ4v) is 5.53. The molecule has 1 saturated carbocycles. The van der Waals surface area contributed by atoms with E-state index in [9.17, 15) is 4.79 Å². The number of anilines is 1. The number of benzene rings is 1. The van der Waals surface area contributed by atoms with Crippen LogP contribution in [0.4, 0.5) is 5.69 Å². The lowest BCUT2D eigenvalue weighted by atomic mass is 9.88. The topological polar surface area (TPSA) is 125 Å². The lowest BCUT2D eigenvalue weighted by Crippen LogP contribution is -2.24. The third-order valence-corrected chi connectivity index (χ3v) is 7.72. The SMILES string of the molecule is Cc1ccc(-c2cncc3[nH]c(-c4n[nH]c5ccc(-c6cncc(NC(=O)C7CCCCC7)c6)cc45)nc23)cn1. The molecule has 198 valence electrons. The molecule has 1 fully saturated rings. The summed E-state index contributed by atoms with van der Waals surface area (Å²) in [6.45, 7) is 1.96. The van der Waals surface area contributed by atoms with Crippen molar-refractivity contribution in [3.8, 4) is 33.8 Å². The Morgan fingerprint density at radius 1 is 0.875 bits per heavy atom. The average molecular weight is 529 g/mol. The highest BCUT2D eigenvalue weighted by Crippen LogP contribution is 2.33. The Morgan fingerprint density at radius 3 is 2.58 bits per heavy atom. The largest absolute Gasteiger partial charge is 0.335 e. The monoisotopic (exact) mass is 528 g/mol. The van der Waals surface area contributed by atoms with Crippen LogP contribution in [0.5, 0.6) is 0 Å². The van der Waals surface area contributed by atoms with Crippen molar-refractivity contribution in [1.82, 2.24) is 35.1 Å². The minimum Gasteiger partial charge on any atom is -0.335 e. The van der Waals surface area contributed by atoms with E-state index in [0.29, 0.717) is 11.5 Å². The van der Waals surface area contributed by atoms with Crippen LogP contribution in [0.2, 0.25) is 0 Å². The lowest BCUT2D eigenvalue weighted by Gasteiger charge is -2.20. The highest BCUT2D eigenvalue weighted by atomic mass is 16.1. The quantitative estimate of drug-likeness (QED) is 0.236. The Morgan fingerprint density at radius 2 is 1.73 bits per heavy atom. The summed E-state index contributed by atoms with van der Waals surface area (Å²) in [6, 6.07) is 12.1. The van der Waals surface area contributed by atoms with E-state index in [1.807, 2.05) is 55.8 Å². The number of aromatic amines is 2. The Labute approximate surface area is 230 Å². The molecule has 5 aromatic heterocycles. The molecule has 6 aromatic rings. The maximum atomic E-state index is 12.8. The van der Waals surface area contributed by atoms with Gasteiger partial charge in [0.05, 0.1) is 29.1 Å². The molecule has 0 unspecified atom stereocenters.